The van der Waals surface area contributed by atoms with Gasteiger partial charge in [0.15, 0.2) is 0 Å². The van der Waals surface area contributed by atoms with Gasteiger partial charge < -0.3 is 10.1 Å². The summed E-state index contributed by atoms with van der Waals surface area (Å²) in [4.78, 5) is 0. The van der Waals surface area contributed by atoms with E-state index in [1.807, 2.05) is 19.2 Å². The largest absolute Gasteiger partial charge is 0.411 e. The molecule has 0 bridgehead atoms. The van der Waals surface area contributed by atoms with Gasteiger partial charge >= 0.3 is 6.18 Å². The summed E-state index contributed by atoms with van der Waals surface area (Å²) in [6.45, 7) is 1.85. The molecule has 1 N–H and O–H groups in total. The van der Waals surface area contributed by atoms with Gasteiger partial charge in [0.05, 0.1) is 0 Å². The average Bonchev–Trinajstić information content (AvgIpc) is 2.36. The molecule has 0 aliphatic carbocycles. The SMILES string of the molecule is CNCC(CCCOCC(F)(F)F)c1ccccc1C. The maximum atomic E-state index is 11.9. The molecule has 1 unspecified atom stereocenters. The second-order valence-corrected chi connectivity index (χ2v) is 4.92. The van der Waals surface area contributed by atoms with Crippen LogP contribution in [0.1, 0.15) is 29.9 Å². The second-order valence-electron chi connectivity index (χ2n) is 4.92. The number of hydrogen-bond acceptors (Lipinski definition) is 2. The predicted octanol–water partition coefficient (Wildman–Crippen LogP) is 3.66. The smallest absolute Gasteiger partial charge is 0.372 e. The van der Waals surface area contributed by atoms with Gasteiger partial charge in [0.1, 0.15) is 6.61 Å². The molecule has 0 saturated carbocycles. The van der Waals surface area contributed by atoms with E-state index in [-0.39, 0.29) is 6.61 Å². The number of likely N-dealkylation sites (N-methyl/N-ethyl adjacent to an activating group) is 1. The summed E-state index contributed by atoms with van der Waals surface area (Å²) in [7, 11) is 1.88. The van der Waals surface area contributed by atoms with Crippen LogP contribution in [0.4, 0.5) is 13.2 Å². The highest BCUT2D eigenvalue weighted by atomic mass is 19.4. The summed E-state index contributed by atoms with van der Waals surface area (Å²) in [5.41, 5.74) is 2.46. The van der Waals surface area contributed by atoms with Crippen LogP contribution in [-0.4, -0.2) is 33.0 Å². The summed E-state index contributed by atoms with van der Waals surface area (Å²) >= 11 is 0. The molecule has 0 fully saturated rings. The number of alkyl halides is 3. The molecule has 2 nitrogen and oxygen atoms in total. The van der Waals surface area contributed by atoms with E-state index in [1.54, 1.807) is 0 Å². The number of hydrogen-bond donors (Lipinski definition) is 1. The lowest BCUT2D eigenvalue weighted by molar-refractivity contribution is -0.174. The molecule has 114 valence electrons. The first kappa shape index (κ1) is 17.0. The quantitative estimate of drug-likeness (QED) is 0.737. The summed E-state index contributed by atoms with van der Waals surface area (Å²) in [6.07, 6.45) is -2.80. The number of aryl methyl sites for hydroxylation is 1. The molecule has 0 aliphatic rings. The molecule has 20 heavy (non-hydrogen) atoms. The Morgan fingerprint density at radius 2 is 1.95 bits per heavy atom. The van der Waals surface area contributed by atoms with Crippen molar-refractivity contribution in [2.75, 3.05) is 26.8 Å². The molecule has 1 aromatic rings. The zero-order valence-electron chi connectivity index (χ0n) is 12.0. The lowest BCUT2D eigenvalue weighted by Crippen LogP contribution is -2.20. The highest BCUT2D eigenvalue weighted by Crippen LogP contribution is 2.24. The van der Waals surface area contributed by atoms with Crippen LogP contribution >= 0.6 is 0 Å². The molecule has 0 saturated heterocycles. The topological polar surface area (TPSA) is 21.3 Å². The van der Waals surface area contributed by atoms with Crippen molar-refractivity contribution in [3.8, 4) is 0 Å². The van der Waals surface area contributed by atoms with Gasteiger partial charge in [-0.2, -0.15) is 13.2 Å². The molecule has 0 aliphatic heterocycles. The van der Waals surface area contributed by atoms with Gasteiger partial charge in [-0.05, 0) is 43.9 Å². The third kappa shape index (κ3) is 6.39. The molecule has 0 radical (unpaired) electrons. The summed E-state index contributed by atoms with van der Waals surface area (Å²) in [5.74, 6) is 0.302. The van der Waals surface area contributed by atoms with E-state index in [1.165, 1.54) is 11.1 Å². The molecule has 1 atom stereocenters. The standard InChI is InChI=1S/C15H22F3NO/c1-12-6-3-4-8-14(12)13(10-19-2)7-5-9-20-11-15(16,17)18/h3-4,6,8,13,19H,5,7,9-11H2,1-2H3. The number of nitrogens with one attached hydrogen (secondary N) is 1. The molecule has 1 aromatic carbocycles. The number of rotatable bonds is 8. The monoisotopic (exact) mass is 289 g/mol. The average molecular weight is 289 g/mol. The van der Waals surface area contributed by atoms with Crippen LogP contribution in [0.3, 0.4) is 0 Å². The third-order valence-electron chi connectivity index (χ3n) is 3.19. The lowest BCUT2D eigenvalue weighted by Gasteiger charge is -2.19. The van der Waals surface area contributed by atoms with Crippen molar-refractivity contribution < 1.29 is 17.9 Å². The van der Waals surface area contributed by atoms with E-state index >= 15 is 0 Å². The van der Waals surface area contributed by atoms with Gasteiger partial charge in [-0.15, -0.1) is 0 Å². The Morgan fingerprint density at radius 1 is 1.25 bits per heavy atom. The van der Waals surface area contributed by atoms with E-state index in [2.05, 4.69) is 29.1 Å². The first-order valence-corrected chi connectivity index (χ1v) is 6.78. The predicted molar refractivity (Wildman–Crippen MR) is 74.0 cm³/mol. The minimum Gasteiger partial charge on any atom is -0.372 e. The van der Waals surface area contributed by atoms with E-state index < -0.39 is 12.8 Å². The van der Waals surface area contributed by atoms with Crippen molar-refractivity contribution in [2.45, 2.75) is 31.9 Å². The summed E-state index contributed by atoms with van der Waals surface area (Å²) in [6, 6.07) is 8.11. The van der Waals surface area contributed by atoms with Crippen LogP contribution in [0.2, 0.25) is 0 Å². The highest BCUT2D eigenvalue weighted by Gasteiger charge is 2.27. The maximum Gasteiger partial charge on any atom is 0.411 e. The fourth-order valence-corrected chi connectivity index (χ4v) is 2.28. The Kier molecular flexibility index (Phi) is 7.02. The molecule has 0 spiro atoms. The summed E-state index contributed by atoms with van der Waals surface area (Å²) in [5, 5.41) is 3.14. The Bertz CT molecular complexity index is 393. The lowest BCUT2D eigenvalue weighted by atomic mass is 9.91. The fourth-order valence-electron chi connectivity index (χ4n) is 2.28. The highest BCUT2D eigenvalue weighted by molar-refractivity contribution is 5.29. The van der Waals surface area contributed by atoms with Crippen molar-refractivity contribution in [1.29, 1.82) is 0 Å². The van der Waals surface area contributed by atoms with Crippen molar-refractivity contribution in [2.24, 2.45) is 0 Å². The first-order valence-electron chi connectivity index (χ1n) is 6.78. The van der Waals surface area contributed by atoms with Crippen LogP contribution in [0.15, 0.2) is 24.3 Å². The number of halogens is 3. The molecule has 0 amide bonds. The Hall–Kier alpha value is -1.07. The van der Waals surface area contributed by atoms with Crippen LogP contribution in [0.5, 0.6) is 0 Å². The Morgan fingerprint density at radius 3 is 2.55 bits per heavy atom. The molecule has 1 rings (SSSR count). The third-order valence-corrected chi connectivity index (χ3v) is 3.19. The Balaban J connectivity index is 2.42. The number of benzene rings is 1. The molecule has 0 aromatic heterocycles. The molecular weight excluding hydrogens is 267 g/mol. The molecule has 5 heteroatoms. The van der Waals surface area contributed by atoms with E-state index in [4.69, 9.17) is 0 Å². The van der Waals surface area contributed by atoms with Gasteiger partial charge in [0.2, 0.25) is 0 Å². The van der Waals surface area contributed by atoms with Crippen LogP contribution in [0.25, 0.3) is 0 Å². The summed E-state index contributed by atoms with van der Waals surface area (Å²) < 4.78 is 40.5. The molecular formula is C15H22F3NO. The van der Waals surface area contributed by atoms with Crippen LogP contribution in [0, 0.1) is 6.92 Å². The van der Waals surface area contributed by atoms with Gasteiger partial charge in [-0.1, -0.05) is 24.3 Å². The Labute approximate surface area is 118 Å². The van der Waals surface area contributed by atoms with Gasteiger partial charge in [0, 0.05) is 13.2 Å². The van der Waals surface area contributed by atoms with E-state index in [0.29, 0.717) is 12.3 Å². The normalized spacial score (nSPS) is 13.4. The zero-order chi connectivity index (χ0) is 15.0. The van der Waals surface area contributed by atoms with Crippen LogP contribution in [-0.2, 0) is 4.74 Å². The van der Waals surface area contributed by atoms with E-state index in [9.17, 15) is 13.2 Å². The minimum atomic E-state index is -4.24. The van der Waals surface area contributed by atoms with Crippen molar-refractivity contribution >= 4 is 0 Å². The van der Waals surface area contributed by atoms with Crippen molar-refractivity contribution in [1.82, 2.24) is 5.32 Å². The van der Waals surface area contributed by atoms with Crippen molar-refractivity contribution in [3.05, 3.63) is 35.4 Å². The van der Waals surface area contributed by atoms with Crippen LogP contribution < -0.4 is 5.32 Å². The first-order chi connectivity index (χ1) is 9.44. The second kappa shape index (κ2) is 8.27. The number of ether oxygens (including phenoxy) is 1. The van der Waals surface area contributed by atoms with Gasteiger partial charge in [-0.25, -0.2) is 0 Å². The van der Waals surface area contributed by atoms with Gasteiger partial charge in [-0.3, -0.25) is 0 Å². The maximum absolute atomic E-state index is 11.9. The minimum absolute atomic E-state index is 0.144. The zero-order valence-corrected chi connectivity index (χ0v) is 12.0. The van der Waals surface area contributed by atoms with Gasteiger partial charge in [0.25, 0.3) is 0 Å². The fraction of sp³-hybridized carbons (Fsp3) is 0.600. The van der Waals surface area contributed by atoms with Crippen molar-refractivity contribution in [3.63, 3.8) is 0 Å². The van der Waals surface area contributed by atoms with E-state index in [0.717, 1.165) is 13.0 Å². The molecule has 0 heterocycles.